The Labute approximate surface area is 133 Å². The molecular weight excluding hydrogens is 274 g/mol. The van der Waals surface area contributed by atoms with Crippen molar-refractivity contribution in [3.8, 4) is 0 Å². The van der Waals surface area contributed by atoms with E-state index in [1.54, 1.807) is 0 Å². The summed E-state index contributed by atoms with van der Waals surface area (Å²) in [5, 5.41) is 6.51. The largest absolute Gasteiger partial charge is 0.322 e. The normalized spacial score (nSPS) is 23.8. The number of nitrogens with zero attached hydrogens (tertiary/aromatic N) is 1. The summed E-state index contributed by atoms with van der Waals surface area (Å²) in [7, 11) is 0. The zero-order valence-corrected chi connectivity index (χ0v) is 13.3. The highest BCUT2D eigenvalue weighted by atomic mass is 16.2. The summed E-state index contributed by atoms with van der Waals surface area (Å²) in [6, 6.07) is 10.3. The van der Waals surface area contributed by atoms with Crippen molar-refractivity contribution in [2.45, 2.75) is 44.6 Å². The minimum atomic E-state index is 0.0802. The molecule has 1 atom stereocenters. The molecule has 0 aliphatic carbocycles. The van der Waals surface area contributed by atoms with E-state index in [1.165, 1.54) is 25.7 Å². The number of hydrogen-bond donors (Lipinski definition) is 2. The van der Waals surface area contributed by atoms with Crippen molar-refractivity contribution < 1.29 is 4.79 Å². The van der Waals surface area contributed by atoms with E-state index in [1.807, 2.05) is 30.3 Å². The van der Waals surface area contributed by atoms with Gasteiger partial charge in [-0.25, -0.2) is 4.79 Å². The molecule has 2 amide bonds. The van der Waals surface area contributed by atoms with Gasteiger partial charge in [-0.05, 0) is 56.8 Å². The first-order chi connectivity index (χ1) is 10.8. The number of likely N-dealkylation sites (tertiary alicyclic amines) is 1. The van der Waals surface area contributed by atoms with Gasteiger partial charge < -0.3 is 15.5 Å². The van der Waals surface area contributed by atoms with Crippen molar-refractivity contribution in [1.82, 2.24) is 10.2 Å². The molecule has 0 aromatic heterocycles. The van der Waals surface area contributed by atoms with E-state index < -0.39 is 0 Å². The number of urea groups is 1. The number of carbonyl (C=O) groups is 1. The van der Waals surface area contributed by atoms with Crippen LogP contribution in [0.15, 0.2) is 30.3 Å². The van der Waals surface area contributed by atoms with E-state index in [2.05, 4.69) is 15.5 Å². The molecule has 1 aromatic carbocycles. The Morgan fingerprint density at radius 3 is 2.59 bits per heavy atom. The van der Waals surface area contributed by atoms with Gasteiger partial charge in [0.1, 0.15) is 0 Å². The van der Waals surface area contributed by atoms with E-state index in [0.717, 1.165) is 38.2 Å². The molecular formula is C18H27N3O. The first kappa shape index (κ1) is 15.3. The van der Waals surface area contributed by atoms with Crippen molar-refractivity contribution >= 4 is 11.7 Å². The lowest BCUT2D eigenvalue weighted by Gasteiger charge is -2.38. The van der Waals surface area contributed by atoms with Crippen molar-refractivity contribution in [3.05, 3.63) is 30.3 Å². The third-order valence-electron chi connectivity index (χ3n) is 5.01. The summed E-state index contributed by atoms with van der Waals surface area (Å²) in [5.74, 6) is 0.654. The van der Waals surface area contributed by atoms with Crippen LogP contribution in [0.25, 0.3) is 0 Å². The second kappa shape index (κ2) is 7.63. The fourth-order valence-electron chi connectivity index (χ4n) is 3.82. The molecule has 120 valence electrons. The molecule has 2 heterocycles. The summed E-state index contributed by atoms with van der Waals surface area (Å²) in [5.41, 5.74) is 0.890. The van der Waals surface area contributed by atoms with Crippen LogP contribution in [0.4, 0.5) is 10.5 Å². The highest BCUT2D eigenvalue weighted by molar-refractivity contribution is 5.89. The highest BCUT2D eigenvalue weighted by Gasteiger charge is 2.32. The van der Waals surface area contributed by atoms with Crippen molar-refractivity contribution in [2.75, 3.05) is 25.0 Å². The Morgan fingerprint density at radius 1 is 1.05 bits per heavy atom. The standard InChI is InChI=1S/C18H27N3O/c22-18(20-16-7-3-1-4-8-16)21-14-6-2-5-9-17(21)15-10-12-19-13-11-15/h1,3-4,7-8,15,17,19H,2,5-6,9-14H2,(H,20,22)/t17-/m0/s1. The number of rotatable bonds is 2. The Morgan fingerprint density at radius 2 is 1.82 bits per heavy atom. The summed E-state index contributed by atoms with van der Waals surface area (Å²) in [6.45, 7) is 3.08. The molecule has 4 nitrogen and oxygen atoms in total. The van der Waals surface area contributed by atoms with Gasteiger partial charge in [-0.3, -0.25) is 0 Å². The maximum absolute atomic E-state index is 12.8. The van der Waals surface area contributed by atoms with Gasteiger partial charge in [0.25, 0.3) is 0 Å². The number of piperidine rings is 1. The molecule has 4 heteroatoms. The second-order valence-electron chi connectivity index (χ2n) is 6.49. The minimum Gasteiger partial charge on any atom is -0.321 e. The highest BCUT2D eigenvalue weighted by Crippen LogP contribution is 2.28. The Balaban J connectivity index is 1.70. The van der Waals surface area contributed by atoms with Crippen molar-refractivity contribution in [3.63, 3.8) is 0 Å². The van der Waals surface area contributed by atoms with Gasteiger partial charge in [0, 0.05) is 18.3 Å². The Bertz CT molecular complexity index is 470. The predicted molar refractivity (Wildman–Crippen MR) is 90.0 cm³/mol. The van der Waals surface area contributed by atoms with Gasteiger partial charge in [-0.15, -0.1) is 0 Å². The Hall–Kier alpha value is -1.55. The van der Waals surface area contributed by atoms with Crippen LogP contribution in [-0.4, -0.2) is 36.6 Å². The quantitative estimate of drug-likeness (QED) is 0.878. The number of benzene rings is 1. The molecule has 0 bridgehead atoms. The topological polar surface area (TPSA) is 44.4 Å². The van der Waals surface area contributed by atoms with E-state index in [0.29, 0.717) is 12.0 Å². The van der Waals surface area contributed by atoms with E-state index in [9.17, 15) is 4.79 Å². The van der Waals surface area contributed by atoms with Crippen LogP contribution >= 0.6 is 0 Å². The van der Waals surface area contributed by atoms with Crippen LogP contribution in [0.3, 0.4) is 0 Å². The molecule has 0 radical (unpaired) electrons. The van der Waals surface area contributed by atoms with Gasteiger partial charge in [0.15, 0.2) is 0 Å². The average molecular weight is 301 g/mol. The van der Waals surface area contributed by atoms with Crippen molar-refractivity contribution in [1.29, 1.82) is 0 Å². The third kappa shape index (κ3) is 3.80. The summed E-state index contributed by atoms with van der Waals surface area (Å²) >= 11 is 0. The molecule has 0 spiro atoms. The SMILES string of the molecule is O=C(Nc1ccccc1)N1CCCCC[C@H]1C1CCNCC1. The number of nitrogens with one attached hydrogen (secondary N) is 2. The predicted octanol–water partition coefficient (Wildman–Crippen LogP) is 3.46. The van der Waals surface area contributed by atoms with Gasteiger partial charge in [0.2, 0.25) is 0 Å². The number of hydrogen-bond acceptors (Lipinski definition) is 2. The minimum absolute atomic E-state index is 0.0802. The molecule has 2 aliphatic heterocycles. The summed E-state index contributed by atoms with van der Waals surface area (Å²) < 4.78 is 0. The summed E-state index contributed by atoms with van der Waals surface area (Å²) in [4.78, 5) is 14.9. The molecule has 0 unspecified atom stereocenters. The zero-order valence-electron chi connectivity index (χ0n) is 13.3. The van der Waals surface area contributed by atoms with Crippen LogP contribution in [-0.2, 0) is 0 Å². The number of amides is 2. The fourth-order valence-corrected chi connectivity index (χ4v) is 3.82. The second-order valence-corrected chi connectivity index (χ2v) is 6.49. The lowest BCUT2D eigenvalue weighted by atomic mass is 9.87. The molecule has 3 rings (SSSR count). The van der Waals surface area contributed by atoms with Gasteiger partial charge >= 0.3 is 6.03 Å². The third-order valence-corrected chi connectivity index (χ3v) is 5.01. The first-order valence-electron chi connectivity index (χ1n) is 8.68. The molecule has 2 aliphatic rings. The lowest BCUT2D eigenvalue weighted by molar-refractivity contribution is 0.143. The van der Waals surface area contributed by atoms with E-state index in [4.69, 9.17) is 0 Å². The van der Waals surface area contributed by atoms with Gasteiger partial charge in [-0.2, -0.15) is 0 Å². The number of carbonyl (C=O) groups excluding carboxylic acids is 1. The van der Waals surface area contributed by atoms with Crippen molar-refractivity contribution in [2.24, 2.45) is 5.92 Å². The van der Waals surface area contributed by atoms with Crippen LogP contribution < -0.4 is 10.6 Å². The number of anilines is 1. The maximum Gasteiger partial charge on any atom is 0.322 e. The van der Waals surface area contributed by atoms with Crippen LogP contribution in [0.5, 0.6) is 0 Å². The average Bonchev–Trinajstić information content (AvgIpc) is 2.82. The van der Waals surface area contributed by atoms with E-state index >= 15 is 0 Å². The molecule has 2 N–H and O–H groups in total. The smallest absolute Gasteiger partial charge is 0.321 e. The van der Waals surface area contributed by atoms with E-state index in [-0.39, 0.29) is 6.03 Å². The molecule has 2 fully saturated rings. The molecule has 1 aromatic rings. The first-order valence-corrected chi connectivity index (χ1v) is 8.68. The van der Waals surface area contributed by atoms with Gasteiger partial charge in [-0.1, -0.05) is 31.0 Å². The fraction of sp³-hybridized carbons (Fsp3) is 0.611. The lowest BCUT2D eigenvalue weighted by Crippen LogP contribution is -2.48. The van der Waals surface area contributed by atoms with Crippen LogP contribution in [0.1, 0.15) is 38.5 Å². The monoisotopic (exact) mass is 301 g/mol. The van der Waals surface area contributed by atoms with Crippen LogP contribution in [0, 0.1) is 5.92 Å². The molecule has 2 saturated heterocycles. The molecule has 22 heavy (non-hydrogen) atoms. The van der Waals surface area contributed by atoms with Crippen LogP contribution in [0.2, 0.25) is 0 Å². The zero-order chi connectivity index (χ0) is 15.2. The number of para-hydroxylation sites is 1. The summed E-state index contributed by atoms with van der Waals surface area (Å²) in [6.07, 6.45) is 7.18. The molecule has 0 saturated carbocycles. The Kier molecular flexibility index (Phi) is 5.33. The maximum atomic E-state index is 12.8. The van der Waals surface area contributed by atoms with Gasteiger partial charge in [0.05, 0.1) is 0 Å².